The van der Waals surface area contributed by atoms with Crippen LogP contribution in [0.25, 0.3) is 0 Å². The van der Waals surface area contributed by atoms with Crippen LogP contribution in [0.3, 0.4) is 0 Å². The summed E-state index contributed by atoms with van der Waals surface area (Å²) in [4.78, 5) is 9.04. The van der Waals surface area contributed by atoms with Crippen molar-refractivity contribution in [2.75, 3.05) is 6.61 Å². The van der Waals surface area contributed by atoms with Crippen molar-refractivity contribution < 1.29 is 10.0 Å². The van der Waals surface area contributed by atoms with Gasteiger partial charge in [-0.25, -0.2) is 0 Å². The second kappa shape index (κ2) is 4.62. The molecule has 0 aromatic rings. The van der Waals surface area contributed by atoms with E-state index in [0.717, 1.165) is 0 Å². The highest BCUT2D eigenvalue weighted by atomic mass is 35.5. The zero-order valence-electron chi connectivity index (χ0n) is 7.29. The second-order valence-electron chi connectivity index (χ2n) is 2.73. The SMILES string of the molecule is CCC(Cl)(CC)C(CO)[N+](=O)[O-]. The van der Waals surface area contributed by atoms with Gasteiger partial charge in [0.2, 0.25) is 0 Å². The van der Waals surface area contributed by atoms with Gasteiger partial charge >= 0.3 is 0 Å². The molecule has 0 aromatic heterocycles. The van der Waals surface area contributed by atoms with Crippen LogP contribution in [0.5, 0.6) is 0 Å². The first-order valence-corrected chi connectivity index (χ1v) is 4.32. The van der Waals surface area contributed by atoms with Crippen LogP contribution in [-0.2, 0) is 0 Å². The molecule has 0 bridgehead atoms. The van der Waals surface area contributed by atoms with Crippen molar-refractivity contribution in [3.05, 3.63) is 10.1 Å². The monoisotopic (exact) mass is 195 g/mol. The molecule has 0 aliphatic rings. The molecule has 0 heterocycles. The molecule has 0 rings (SSSR count). The van der Waals surface area contributed by atoms with Gasteiger partial charge < -0.3 is 5.11 Å². The van der Waals surface area contributed by atoms with E-state index in [2.05, 4.69) is 0 Å². The first-order chi connectivity index (χ1) is 5.51. The minimum absolute atomic E-state index is 0.483. The summed E-state index contributed by atoms with van der Waals surface area (Å²) in [6.45, 7) is 3.06. The summed E-state index contributed by atoms with van der Waals surface area (Å²) in [5, 5.41) is 19.2. The van der Waals surface area contributed by atoms with E-state index in [1.54, 1.807) is 13.8 Å². The van der Waals surface area contributed by atoms with Crippen LogP contribution < -0.4 is 0 Å². The summed E-state index contributed by atoms with van der Waals surface area (Å²) in [7, 11) is 0. The molecule has 12 heavy (non-hydrogen) atoms. The predicted molar refractivity (Wildman–Crippen MR) is 47.0 cm³/mol. The van der Waals surface area contributed by atoms with Gasteiger partial charge in [0.05, 0.1) is 0 Å². The number of nitro groups is 1. The van der Waals surface area contributed by atoms with Crippen LogP contribution in [0.4, 0.5) is 0 Å². The van der Waals surface area contributed by atoms with Gasteiger partial charge in [-0.3, -0.25) is 10.1 Å². The smallest absolute Gasteiger partial charge is 0.254 e. The average molecular weight is 196 g/mol. The van der Waals surface area contributed by atoms with Gasteiger partial charge in [-0.1, -0.05) is 13.8 Å². The molecule has 0 spiro atoms. The number of aliphatic hydroxyl groups is 1. The summed E-state index contributed by atoms with van der Waals surface area (Å²) in [5.74, 6) is 0. The lowest BCUT2D eigenvalue weighted by Gasteiger charge is -2.25. The molecule has 0 amide bonds. The second-order valence-corrected chi connectivity index (χ2v) is 3.48. The lowest BCUT2D eigenvalue weighted by molar-refractivity contribution is -0.532. The van der Waals surface area contributed by atoms with Crippen molar-refractivity contribution >= 4 is 11.6 Å². The fraction of sp³-hybridized carbons (Fsp3) is 1.00. The van der Waals surface area contributed by atoms with Gasteiger partial charge in [-0.2, -0.15) is 0 Å². The van der Waals surface area contributed by atoms with Crippen LogP contribution in [0.15, 0.2) is 0 Å². The molecule has 5 heteroatoms. The van der Waals surface area contributed by atoms with Gasteiger partial charge in [-0.15, -0.1) is 11.6 Å². The van der Waals surface area contributed by atoms with E-state index in [1.807, 2.05) is 0 Å². The van der Waals surface area contributed by atoms with E-state index >= 15 is 0 Å². The number of halogens is 1. The molecular weight excluding hydrogens is 182 g/mol. The highest BCUT2D eigenvalue weighted by Crippen LogP contribution is 2.29. The van der Waals surface area contributed by atoms with Gasteiger partial charge in [0.25, 0.3) is 6.04 Å². The number of aliphatic hydroxyl groups excluding tert-OH is 1. The molecule has 0 saturated heterocycles. The molecule has 4 nitrogen and oxygen atoms in total. The Balaban J connectivity index is 4.54. The minimum Gasteiger partial charge on any atom is -0.389 e. The first kappa shape index (κ1) is 11.6. The van der Waals surface area contributed by atoms with E-state index in [4.69, 9.17) is 16.7 Å². The van der Waals surface area contributed by atoms with Crippen molar-refractivity contribution in [3.8, 4) is 0 Å². The van der Waals surface area contributed by atoms with Gasteiger partial charge in [-0.05, 0) is 12.8 Å². The van der Waals surface area contributed by atoms with Gasteiger partial charge in [0.15, 0.2) is 0 Å². The maximum absolute atomic E-state index is 10.5. The Morgan fingerprint density at radius 3 is 2.08 bits per heavy atom. The quantitative estimate of drug-likeness (QED) is 0.410. The van der Waals surface area contributed by atoms with Crippen molar-refractivity contribution in [2.45, 2.75) is 37.6 Å². The molecular formula is C7H14ClNO3. The lowest BCUT2D eigenvalue weighted by atomic mass is 9.94. The van der Waals surface area contributed by atoms with E-state index in [1.165, 1.54) is 0 Å². The van der Waals surface area contributed by atoms with Crippen LogP contribution in [0, 0.1) is 10.1 Å². The molecule has 72 valence electrons. The molecule has 1 unspecified atom stereocenters. The number of hydrogen-bond acceptors (Lipinski definition) is 3. The zero-order chi connectivity index (χ0) is 9.78. The predicted octanol–water partition coefficient (Wildman–Crippen LogP) is 1.42. The highest BCUT2D eigenvalue weighted by Gasteiger charge is 2.41. The third kappa shape index (κ3) is 2.32. The average Bonchev–Trinajstić information content (AvgIpc) is 2.04. The Morgan fingerprint density at radius 2 is 2.00 bits per heavy atom. The lowest BCUT2D eigenvalue weighted by Crippen LogP contribution is -2.44. The fourth-order valence-electron chi connectivity index (χ4n) is 1.14. The first-order valence-electron chi connectivity index (χ1n) is 3.95. The Morgan fingerprint density at radius 1 is 1.58 bits per heavy atom. The minimum atomic E-state index is -1.06. The third-order valence-corrected chi connectivity index (χ3v) is 2.99. The van der Waals surface area contributed by atoms with E-state index in [0.29, 0.717) is 12.8 Å². The third-order valence-electron chi connectivity index (χ3n) is 2.20. The molecule has 1 atom stereocenters. The van der Waals surface area contributed by atoms with Crippen molar-refractivity contribution in [2.24, 2.45) is 0 Å². The zero-order valence-corrected chi connectivity index (χ0v) is 8.04. The molecule has 0 saturated carbocycles. The number of alkyl halides is 1. The number of nitrogens with zero attached hydrogens (tertiary/aromatic N) is 1. The molecule has 1 N–H and O–H groups in total. The maximum Gasteiger partial charge on any atom is 0.254 e. The van der Waals surface area contributed by atoms with Crippen LogP contribution in [0.2, 0.25) is 0 Å². The highest BCUT2D eigenvalue weighted by molar-refractivity contribution is 6.24. The largest absolute Gasteiger partial charge is 0.389 e. The van der Waals surface area contributed by atoms with Gasteiger partial charge in [0, 0.05) is 4.92 Å². The standard InChI is InChI=1S/C7H14ClNO3/c1-3-7(8,4-2)6(5-10)9(11)12/h6,10H,3-5H2,1-2H3. The molecule has 0 aliphatic carbocycles. The summed E-state index contributed by atoms with van der Waals surface area (Å²) in [6.07, 6.45) is 0.967. The van der Waals surface area contributed by atoms with Crippen LogP contribution >= 0.6 is 11.6 Å². The summed E-state index contributed by atoms with van der Waals surface area (Å²) >= 11 is 5.97. The summed E-state index contributed by atoms with van der Waals surface area (Å²) in [6, 6.07) is -1.06. The number of rotatable bonds is 5. The fourth-order valence-corrected chi connectivity index (χ4v) is 1.29. The van der Waals surface area contributed by atoms with Crippen molar-refractivity contribution in [3.63, 3.8) is 0 Å². The van der Waals surface area contributed by atoms with Crippen LogP contribution in [-0.4, -0.2) is 27.6 Å². The Labute approximate surface area is 76.7 Å². The Bertz CT molecular complexity index is 159. The summed E-state index contributed by atoms with van der Waals surface area (Å²) < 4.78 is 0. The van der Waals surface area contributed by atoms with Crippen molar-refractivity contribution in [1.82, 2.24) is 0 Å². The molecule has 0 aromatic carbocycles. The molecule has 0 fully saturated rings. The normalized spacial score (nSPS) is 14.3. The van der Waals surface area contributed by atoms with E-state index < -0.39 is 22.4 Å². The maximum atomic E-state index is 10.5. The number of hydrogen-bond donors (Lipinski definition) is 1. The van der Waals surface area contributed by atoms with Crippen LogP contribution in [0.1, 0.15) is 26.7 Å². The Kier molecular flexibility index (Phi) is 4.49. The topological polar surface area (TPSA) is 63.4 Å². The van der Waals surface area contributed by atoms with E-state index in [9.17, 15) is 10.1 Å². The molecule has 0 radical (unpaired) electrons. The van der Waals surface area contributed by atoms with Crippen molar-refractivity contribution in [1.29, 1.82) is 0 Å². The van der Waals surface area contributed by atoms with E-state index in [-0.39, 0.29) is 0 Å². The summed E-state index contributed by atoms with van der Waals surface area (Å²) in [5.41, 5.74) is 0. The molecule has 0 aliphatic heterocycles. The van der Waals surface area contributed by atoms with Gasteiger partial charge in [0.1, 0.15) is 11.5 Å². The Hall–Kier alpha value is -0.350.